The molecule has 1 heterocycles. The Labute approximate surface area is 117 Å². The van der Waals surface area contributed by atoms with Gasteiger partial charge >= 0.3 is 0 Å². The van der Waals surface area contributed by atoms with E-state index in [0.717, 1.165) is 5.52 Å². The number of amides is 1. The van der Waals surface area contributed by atoms with E-state index in [-0.39, 0.29) is 22.9 Å². The Morgan fingerprint density at radius 2 is 2.10 bits per heavy atom. The van der Waals surface area contributed by atoms with Crippen molar-refractivity contribution < 1.29 is 4.79 Å². The van der Waals surface area contributed by atoms with Crippen LogP contribution in [-0.4, -0.2) is 17.0 Å². The molecule has 0 aliphatic heterocycles. The first-order valence-electron chi connectivity index (χ1n) is 6.68. The minimum Gasteiger partial charge on any atom is -0.398 e. The van der Waals surface area contributed by atoms with Crippen LogP contribution >= 0.6 is 0 Å². The van der Waals surface area contributed by atoms with Crippen molar-refractivity contribution in [3.8, 4) is 0 Å². The highest BCUT2D eigenvalue weighted by molar-refractivity contribution is 6.00. The lowest BCUT2D eigenvalue weighted by molar-refractivity contribution is 0.0954. The van der Waals surface area contributed by atoms with E-state index in [1.165, 1.54) is 0 Å². The largest absolute Gasteiger partial charge is 0.398 e. The normalized spacial score (nSPS) is 11.0. The van der Waals surface area contributed by atoms with Crippen molar-refractivity contribution in [1.29, 1.82) is 0 Å². The number of aromatic nitrogens is 1. The summed E-state index contributed by atoms with van der Waals surface area (Å²) in [5, 5.41) is 3.07. The maximum atomic E-state index is 12.5. The molecule has 1 aromatic heterocycles. The van der Waals surface area contributed by atoms with E-state index in [2.05, 4.69) is 5.32 Å². The second kappa shape index (κ2) is 5.36. The average molecular weight is 273 g/mol. The van der Waals surface area contributed by atoms with Crippen LogP contribution in [0.15, 0.2) is 29.2 Å². The Morgan fingerprint density at radius 3 is 2.70 bits per heavy atom. The Kier molecular flexibility index (Phi) is 3.79. The number of carbonyl (C=O) groups excluding carboxylic acids is 1. The van der Waals surface area contributed by atoms with Crippen LogP contribution in [0.5, 0.6) is 0 Å². The van der Waals surface area contributed by atoms with Crippen molar-refractivity contribution in [3.05, 3.63) is 40.2 Å². The first-order valence-corrected chi connectivity index (χ1v) is 6.68. The van der Waals surface area contributed by atoms with E-state index < -0.39 is 0 Å². The van der Waals surface area contributed by atoms with Gasteiger partial charge in [0.15, 0.2) is 0 Å². The number of carbonyl (C=O) groups is 1. The Bertz CT molecular complexity index is 717. The number of benzene rings is 1. The molecule has 0 aliphatic rings. The molecule has 3 N–H and O–H groups in total. The number of nitrogens with zero attached hydrogens (tertiary/aromatic N) is 1. The molecule has 5 nitrogen and oxygen atoms in total. The lowest BCUT2D eigenvalue weighted by Gasteiger charge is -2.17. The van der Waals surface area contributed by atoms with Crippen LogP contribution in [0.3, 0.4) is 0 Å². The van der Waals surface area contributed by atoms with Gasteiger partial charge in [0.1, 0.15) is 5.56 Å². The van der Waals surface area contributed by atoms with Gasteiger partial charge in [0.05, 0.1) is 10.9 Å². The molecule has 0 unspecified atom stereocenters. The summed E-state index contributed by atoms with van der Waals surface area (Å²) in [5.41, 5.74) is 6.88. The number of fused-ring (bicyclic) bond motifs is 1. The molecule has 0 saturated heterocycles. The van der Waals surface area contributed by atoms with Crippen LogP contribution in [0.1, 0.15) is 37.2 Å². The van der Waals surface area contributed by atoms with E-state index in [1.807, 2.05) is 37.5 Å². The van der Waals surface area contributed by atoms with E-state index >= 15 is 0 Å². The van der Waals surface area contributed by atoms with Crippen molar-refractivity contribution in [1.82, 2.24) is 9.88 Å². The number of nitrogen functional groups attached to an aromatic ring is 1. The van der Waals surface area contributed by atoms with Gasteiger partial charge in [-0.15, -0.1) is 0 Å². The monoisotopic (exact) mass is 273 g/mol. The number of nitrogens with one attached hydrogen (secondary N) is 1. The van der Waals surface area contributed by atoms with Crippen LogP contribution in [0.4, 0.5) is 5.69 Å². The van der Waals surface area contributed by atoms with Crippen molar-refractivity contribution in [2.24, 2.45) is 0 Å². The predicted molar refractivity (Wildman–Crippen MR) is 81.0 cm³/mol. The smallest absolute Gasteiger partial charge is 0.256 e. The van der Waals surface area contributed by atoms with E-state index in [1.54, 1.807) is 12.3 Å². The fraction of sp³-hybridized carbons (Fsp3) is 0.333. The number of pyridine rings is 1. The number of nitrogens with two attached hydrogens (primary N) is 1. The summed E-state index contributed by atoms with van der Waals surface area (Å²) in [6.45, 7) is 6.28. The third-order valence-corrected chi connectivity index (χ3v) is 3.23. The van der Waals surface area contributed by atoms with Crippen LogP contribution in [-0.2, 0) is 0 Å². The predicted octanol–water partition coefficient (Wildman–Crippen LogP) is 1.91. The maximum absolute atomic E-state index is 12.5. The number of hydrogen-bond donors (Lipinski definition) is 2. The zero-order chi connectivity index (χ0) is 14.9. The quantitative estimate of drug-likeness (QED) is 0.839. The zero-order valence-corrected chi connectivity index (χ0v) is 11.9. The Morgan fingerprint density at radius 1 is 1.40 bits per heavy atom. The maximum Gasteiger partial charge on any atom is 0.256 e. The second-order valence-electron chi connectivity index (χ2n) is 4.97. The van der Waals surface area contributed by atoms with Gasteiger partial charge in [-0.2, -0.15) is 0 Å². The van der Waals surface area contributed by atoms with Gasteiger partial charge in [0.25, 0.3) is 5.91 Å². The average Bonchev–Trinajstić information content (AvgIpc) is 2.38. The summed E-state index contributed by atoms with van der Waals surface area (Å²) < 4.78 is 1.90. The molecule has 0 aliphatic carbocycles. The molecular formula is C15H19N3O2. The summed E-state index contributed by atoms with van der Waals surface area (Å²) in [6, 6.07) is 5.44. The summed E-state index contributed by atoms with van der Waals surface area (Å²) in [4.78, 5) is 24.5. The summed E-state index contributed by atoms with van der Waals surface area (Å²) in [7, 11) is 0. The molecular weight excluding hydrogens is 254 g/mol. The minimum absolute atomic E-state index is 0.119. The van der Waals surface area contributed by atoms with Crippen LogP contribution in [0.25, 0.3) is 10.9 Å². The van der Waals surface area contributed by atoms with E-state index in [0.29, 0.717) is 17.6 Å². The SMILES string of the molecule is CCNC(=O)c1cn(C(C)C)c2cccc(N)c2c1=O. The Hall–Kier alpha value is -2.30. The topological polar surface area (TPSA) is 77.1 Å². The van der Waals surface area contributed by atoms with Gasteiger partial charge in [-0.3, -0.25) is 9.59 Å². The van der Waals surface area contributed by atoms with Crippen LogP contribution in [0, 0.1) is 0 Å². The molecule has 2 rings (SSSR count). The third kappa shape index (κ3) is 2.27. The van der Waals surface area contributed by atoms with Gasteiger partial charge in [0.2, 0.25) is 5.43 Å². The molecule has 2 aromatic rings. The fourth-order valence-electron chi connectivity index (χ4n) is 2.27. The molecule has 0 bridgehead atoms. The van der Waals surface area contributed by atoms with Crippen molar-refractivity contribution in [3.63, 3.8) is 0 Å². The lowest BCUT2D eigenvalue weighted by Crippen LogP contribution is -2.30. The fourth-order valence-corrected chi connectivity index (χ4v) is 2.27. The Balaban J connectivity index is 2.85. The highest BCUT2D eigenvalue weighted by Crippen LogP contribution is 2.21. The van der Waals surface area contributed by atoms with Gasteiger partial charge in [0, 0.05) is 24.5 Å². The van der Waals surface area contributed by atoms with Gasteiger partial charge in [-0.25, -0.2) is 0 Å². The first kappa shape index (κ1) is 14.1. The van der Waals surface area contributed by atoms with Gasteiger partial charge in [-0.05, 0) is 32.9 Å². The molecule has 1 amide bonds. The molecule has 0 saturated carbocycles. The van der Waals surface area contributed by atoms with Gasteiger partial charge in [-0.1, -0.05) is 6.07 Å². The second-order valence-corrected chi connectivity index (χ2v) is 4.97. The molecule has 20 heavy (non-hydrogen) atoms. The third-order valence-electron chi connectivity index (χ3n) is 3.23. The van der Waals surface area contributed by atoms with E-state index in [9.17, 15) is 9.59 Å². The highest BCUT2D eigenvalue weighted by Gasteiger charge is 2.17. The summed E-state index contributed by atoms with van der Waals surface area (Å²) >= 11 is 0. The minimum atomic E-state index is -0.364. The molecule has 0 spiro atoms. The number of anilines is 1. The molecule has 0 fully saturated rings. The molecule has 5 heteroatoms. The zero-order valence-electron chi connectivity index (χ0n) is 11.9. The molecule has 0 radical (unpaired) electrons. The standard InChI is InChI=1S/C15H19N3O2/c1-4-17-15(20)10-8-18(9(2)3)12-7-5-6-11(16)13(12)14(10)19/h5-9H,4,16H2,1-3H3,(H,17,20). The van der Waals surface area contributed by atoms with Crippen LogP contribution < -0.4 is 16.5 Å². The van der Waals surface area contributed by atoms with Crippen LogP contribution in [0.2, 0.25) is 0 Å². The lowest BCUT2D eigenvalue weighted by atomic mass is 10.1. The van der Waals surface area contributed by atoms with Crippen molar-refractivity contribution >= 4 is 22.5 Å². The summed E-state index contributed by atoms with van der Waals surface area (Å²) in [5.74, 6) is -0.364. The number of hydrogen-bond acceptors (Lipinski definition) is 3. The molecule has 106 valence electrons. The van der Waals surface area contributed by atoms with E-state index in [4.69, 9.17) is 5.73 Å². The van der Waals surface area contributed by atoms with Crippen molar-refractivity contribution in [2.45, 2.75) is 26.8 Å². The first-order chi connectivity index (χ1) is 9.47. The highest BCUT2D eigenvalue weighted by atomic mass is 16.2. The molecule has 0 atom stereocenters. The van der Waals surface area contributed by atoms with Gasteiger partial charge < -0.3 is 15.6 Å². The van der Waals surface area contributed by atoms with Crippen molar-refractivity contribution in [2.75, 3.05) is 12.3 Å². The summed E-state index contributed by atoms with van der Waals surface area (Å²) in [6.07, 6.45) is 1.61. The number of rotatable bonds is 3. The molecule has 1 aromatic carbocycles.